The van der Waals surface area contributed by atoms with Crippen LogP contribution in [0.4, 0.5) is 0 Å². The molecule has 0 radical (unpaired) electrons. The van der Waals surface area contributed by atoms with E-state index in [1.807, 2.05) is 20.8 Å². The molecule has 1 N–H and O–H groups in total. The summed E-state index contributed by atoms with van der Waals surface area (Å²) in [7, 11) is 0. The van der Waals surface area contributed by atoms with Crippen molar-refractivity contribution >= 4 is 0 Å². The predicted octanol–water partition coefficient (Wildman–Crippen LogP) is 0.768. The summed E-state index contributed by atoms with van der Waals surface area (Å²) in [5, 5.41) is 8.32. The number of hydrogen-bond donors (Lipinski definition) is 1. The second-order valence-corrected chi connectivity index (χ2v) is 3.01. The number of rotatable bonds is 4. The van der Waals surface area contributed by atoms with Gasteiger partial charge in [-0.2, -0.15) is 0 Å². The number of ether oxygens (including phenoxy) is 2. The summed E-state index contributed by atoms with van der Waals surface area (Å²) in [6.07, 6.45) is 0. The van der Waals surface area contributed by atoms with Crippen molar-refractivity contribution in [1.29, 1.82) is 0 Å². The highest BCUT2D eigenvalue weighted by Gasteiger charge is 2.08. The molecular weight excluding hydrogens is 132 g/mol. The van der Waals surface area contributed by atoms with E-state index in [9.17, 15) is 0 Å². The minimum Gasteiger partial charge on any atom is -0.394 e. The van der Waals surface area contributed by atoms with Gasteiger partial charge in [0.15, 0.2) is 0 Å². The quantitative estimate of drug-likeness (QED) is 0.472. The highest BCUT2D eigenvalue weighted by atomic mass is 16.7. The largest absolute Gasteiger partial charge is 0.394 e. The molecule has 0 aliphatic carbocycles. The molecule has 0 aromatic heterocycles. The molecule has 0 saturated carbocycles. The fourth-order valence-electron chi connectivity index (χ4n) is 0.342. The molecule has 0 aromatic carbocycles. The molecule has 0 spiro atoms. The Morgan fingerprint density at radius 2 is 1.90 bits per heavy atom. The fraction of sp³-hybridized carbons (Fsp3) is 1.00. The van der Waals surface area contributed by atoms with E-state index in [0.717, 1.165) is 0 Å². The third-order valence-electron chi connectivity index (χ3n) is 0.811. The van der Waals surface area contributed by atoms with E-state index >= 15 is 0 Å². The monoisotopic (exact) mass is 148 g/mol. The van der Waals surface area contributed by atoms with E-state index in [0.29, 0.717) is 6.61 Å². The van der Waals surface area contributed by atoms with E-state index in [2.05, 4.69) is 0 Å². The maximum absolute atomic E-state index is 8.32. The molecule has 10 heavy (non-hydrogen) atoms. The standard InChI is InChI=1S/C7H16O3/c1-7(2,3)10-6-9-5-4-8/h8H,4-6H2,1-3H3. The Morgan fingerprint density at radius 3 is 2.30 bits per heavy atom. The van der Waals surface area contributed by atoms with Crippen LogP contribution in [-0.4, -0.2) is 30.7 Å². The second-order valence-electron chi connectivity index (χ2n) is 3.01. The molecule has 0 saturated heterocycles. The zero-order valence-corrected chi connectivity index (χ0v) is 6.89. The lowest BCUT2D eigenvalue weighted by Gasteiger charge is -2.18. The summed E-state index contributed by atoms with van der Waals surface area (Å²) < 4.78 is 10.1. The van der Waals surface area contributed by atoms with Gasteiger partial charge in [0.2, 0.25) is 0 Å². The Balaban J connectivity index is 3.04. The van der Waals surface area contributed by atoms with Crippen LogP contribution in [0.3, 0.4) is 0 Å². The molecule has 0 bridgehead atoms. The average Bonchev–Trinajstić information content (AvgIpc) is 1.78. The first-order chi connectivity index (χ1) is 4.56. The van der Waals surface area contributed by atoms with E-state index < -0.39 is 0 Å². The molecule has 0 heterocycles. The van der Waals surface area contributed by atoms with Gasteiger partial charge in [0.05, 0.1) is 18.8 Å². The molecule has 3 heteroatoms. The molecule has 3 nitrogen and oxygen atoms in total. The van der Waals surface area contributed by atoms with Crippen molar-refractivity contribution in [3.05, 3.63) is 0 Å². The summed E-state index contributed by atoms with van der Waals surface area (Å²) in [6, 6.07) is 0. The lowest BCUT2D eigenvalue weighted by Crippen LogP contribution is -2.21. The van der Waals surface area contributed by atoms with Gasteiger partial charge in [0, 0.05) is 0 Å². The molecule has 0 unspecified atom stereocenters. The van der Waals surface area contributed by atoms with Gasteiger partial charge in [-0.1, -0.05) is 0 Å². The van der Waals surface area contributed by atoms with Gasteiger partial charge in [0.1, 0.15) is 6.79 Å². The number of aliphatic hydroxyl groups excluding tert-OH is 1. The van der Waals surface area contributed by atoms with Crippen LogP contribution < -0.4 is 0 Å². The van der Waals surface area contributed by atoms with Crippen LogP contribution in [0.1, 0.15) is 20.8 Å². The van der Waals surface area contributed by atoms with Crippen molar-refractivity contribution in [2.45, 2.75) is 26.4 Å². The van der Waals surface area contributed by atoms with Crippen LogP contribution in [0.15, 0.2) is 0 Å². The van der Waals surface area contributed by atoms with Crippen LogP contribution in [-0.2, 0) is 9.47 Å². The molecule has 0 aromatic rings. The van der Waals surface area contributed by atoms with E-state index in [1.165, 1.54) is 0 Å². The van der Waals surface area contributed by atoms with Crippen molar-refractivity contribution in [3.8, 4) is 0 Å². The Morgan fingerprint density at radius 1 is 1.30 bits per heavy atom. The van der Waals surface area contributed by atoms with Crippen LogP contribution >= 0.6 is 0 Å². The Hall–Kier alpha value is -0.120. The van der Waals surface area contributed by atoms with Crippen LogP contribution in [0, 0.1) is 0 Å². The first-order valence-electron chi connectivity index (χ1n) is 3.39. The minimum atomic E-state index is -0.157. The molecule has 0 rings (SSSR count). The highest BCUT2D eigenvalue weighted by molar-refractivity contribution is 4.56. The maximum Gasteiger partial charge on any atom is 0.147 e. The van der Waals surface area contributed by atoms with Gasteiger partial charge >= 0.3 is 0 Å². The van der Waals surface area contributed by atoms with Gasteiger partial charge in [-0.05, 0) is 20.8 Å². The van der Waals surface area contributed by atoms with Gasteiger partial charge < -0.3 is 14.6 Å². The lowest BCUT2D eigenvalue weighted by atomic mass is 10.2. The lowest BCUT2D eigenvalue weighted by molar-refractivity contribution is -0.124. The SMILES string of the molecule is CC(C)(C)OCOCCO. The zero-order chi connectivity index (χ0) is 8.04. The predicted molar refractivity (Wildman–Crippen MR) is 38.7 cm³/mol. The normalized spacial score (nSPS) is 12.0. The van der Waals surface area contributed by atoms with Gasteiger partial charge in [0.25, 0.3) is 0 Å². The molecule has 0 atom stereocenters. The van der Waals surface area contributed by atoms with Crippen molar-refractivity contribution in [2.75, 3.05) is 20.0 Å². The van der Waals surface area contributed by atoms with Gasteiger partial charge in [-0.15, -0.1) is 0 Å². The summed E-state index contributed by atoms with van der Waals surface area (Å²) >= 11 is 0. The van der Waals surface area contributed by atoms with Crippen molar-refractivity contribution in [1.82, 2.24) is 0 Å². The Labute approximate surface area is 62.0 Å². The Bertz CT molecular complexity index is 75.4. The van der Waals surface area contributed by atoms with Crippen molar-refractivity contribution in [2.24, 2.45) is 0 Å². The van der Waals surface area contributed by atoms with Gasteiger partial charge in [-0.25, -0.2) is 0 Å². The Kier molecular flexibility index (Phi) is 4.60. The third-order valence-corrected chi connectivity index (χ3v) is 0.811. The van der Waals surface area contributed by atoms with Crippen LogP contribution in [0.5, 0.6) is 0 Å². The molecular formula is C7H16O3. The maximum atomic E-state index is 8.32. The number of hydrogen-bond acceptors (Lipinski definition) is 3. The molecule has 0 aliphatic rings. The first kappa shape index (κ1) is 9.88. The summed E-state index contributed by atoms with van der Waals surface area (Å²) in [5.41, 5.74) is -0.157. The summed E-state index contributed by atoms with van der Waals surface area (Å²) in [4.78, 5) is 0. The molecule has 0 fully saturated rings. The van der Waals surface area contributed by atoms with Crippen molar-refractivity contribution < 1.29 is 14.6 Å². The molecule has 0 aliphatic heterocycles. The smallest absolute Gasteiger partial charge is 0.147 e. The fourth-order valence-corrected chi connectivity index (χ4v) is 0.342. The second kappa shape index (κ2) is 4.66. The summed E-state index contributed by atoms with van der Waals surface area (Å²) in [5.74, 6) is 0. The molecule has 0 amide bonds. The highest BCUT2D eigenvalue weighted by Crippen LogP contribution is 2.05. The summed E-state index contributed by atoms with van der Waals surface area (Å²) in [6.45, 7) is 6.51. The van der Waals surface area contributed by atoms with E-state index in [1.54, 1.807) is 0 Å². The third kappa shape index (κ3) is 7.88. The van der Waals surface area contributed by atoms with Crippen LogP contribution in [0.25, 0.3) is 0 Å². The number of aliphatic hydroxyl groups is 1. The van der Waals surface area contributed by atoms with Crippen LogP contribution in [0.2, 0.25) is 0 Å². The van der Waals surface area contributed by atoms with Crippen molar-refractivity contribution in [3.63, 3.8) is 0 Å². The average molecular weight is 148 g/mol. The minimum absolute atomic E-state index is 0.0491. The van der Waals surface area contributed by atoms with E-state index in [4.69, 9.17) is 14.6 Å². The molecule has 62 valence electrons. The topological polar surface area (TPSA) is 38.7 Å². The zero-order valence-electron chi connectivity index (χ0n) is 6.89. The van der Waals surface area contributed by atoms with Gasteiger partial charge in [-0.3, -0.25) is 0 Å². The first-order valence-corrected chi connectivity index (χ1v) is 3.39. The van der Waals surface area contributed by atoms with E-state index in [-0.39, 0.29) is 19.0 Å².